The summed E-state index contributed by atoms with van der Waals surface area (Å²) in [6.45, 7) is 0.936. The zero-order valence-electron chi connectivity index (χ0n) is 10.3. The van der Waals surface area contributed by atoms with E-state index in [9.17, 15) is 0 Å². The maximum Gasteiger partial charge on any atom is 0.140 e. The van der Waals surface area contributed by atoms with Crippen LogP contribution in [-0.4, -0.2) is 36.6 Å². The molecule has 4 heteroatoms. The minimum Gasteiger partial charge on any atom is -0.382 e. The standard InChI is InChI=1S/C13H18N4/c1-17(2)13(10-3-4-10)9-16-12-6-5-11(7-14)15-8-12/h5-6,8,10,13,16H,3-4,9H2,1-2H3. The lowest BCUT2D eigenvalue weighted by Gasteiger charge is -2.24. The van der Waals surface area contributed by atoms with Gasteiger partial charge in [-0.1, -0.05) is 0 Å². The fraction of sp³-hybridized carbons (Fsp3) is 0.538. The molecular formula is C13H18N4. The van der Waals surface area contributed by atoms with E-state index in [1.807, 2.05) is 12.1 Å². The predicted molar refractivity (Wildman–Crippen MR) is 67.6 cm³/mol. The molecule has 0 bridgehead atoms. The van der Waals surface area contributed by atoms with Gasteiger partial charge in [0.2, 0.25) is 0 Å². The van der Waals surface area contributed by atoms with Gasteiger partial charge in [-0.25, -0.2) is 4.98 Å². The first-order valence-corrected chi connectivity index (χ1v) is 5.97. The molecule has 1 fully saturated rings. The van der Waals surface area contributed by atoms with E-state index in [4.69, 9.17) is 5.26 Å². The topological polar surface area (TPSA) is 52.0 Å². The van der Waals surface area contributed by atoms with Gasteiger partial charge < -0.3 is 10.2 Å². The number of likely N-dealkylation sites (N-methyl/N-ethyl adjacent to an activating group) is 1. The molecule has 0 aliphatic heterocycles. The smallest absolute Gasteiger partial charge is 0.140 e. The number of hydrogen-bond donors (Lipinski definition) is 1. The van der Waals surface area contributed by atoms with Crippen molar-refractivity contribution in [1.29, 1.82) is 5.26 Å². The summed E-state index contributed by atoms with van der Waals surface area (Å²) in [5.74, 6) is 0.837. The van der Waals surface area contributed by atoms with Gasteiger partial charge >= 0.3 is 0 Å². The quantitative estimate of drug-likeness (QED) is 0.836. The fourth-order valence-corrected chi connectivity index (χ4v) is 2.04. The third-order valence-electron chi connectivity index (χ3n) is 3.22. The molecule has 1 saturated carbocycles. The van der Waals surface area contributed by atoms with Crippen molar-refractivity contribution in [2.45, 2.75) is 18.9 Å². The molecule has 90 valence electrons. The highest BCUT2D eigenvalue weighted by molar-refractivity contribution is 5.42. The molecule has 0 saturated heterocycles. The van der Waals surface area contributed by atoms with Crippen molar-refractivity contribution >= 4 is 5.69 Å². The second kappa shape index (κ2) is 5.15. The predicted octanol–water partition coefficient (Wildman–Crippen LogP) is 1.71. The molecule has 1 aromatic heterocycles. The maximum absolute atomic E-state index is 8.66. The summed E-state index contributed by atoms with van der Waals surface area (Å²) in [4.78, 5) is 6.32. The normalized spacial score (nSPS) is 16.6. The summed E-state index contributed by atoms with van der Waals surface area (Å²) in [6.07, 6.45) is 4.41. The SMILES string of the molecule is CN(C)C(CNc1ccc(C#N)nc1)C1CC1. The second-order valence-electron chi connectivity index (χ2n) is 4.79. The first kappa shape index (κ1) is 11.9. The van der Waals surface area contributed by atoms with Crippen LogP contribution in [0.5, 0.6) is 0 Å². The summed E-state index contributed by atoms with van der Waals surface area (Å²) in [6, 6.07) is 6.26. The Morgan fingerprint density at radius 3 is 2.76 bits per heavy atom. The fourth-order valence-electron chi connectivity index (χ4n) is 2.04. The van der Waals surface area contributed by atoms with Gasteiger partial charge in [0, 0.05) is 12.6 Å². The largest absolute Gasteiger partial charge is 0.382 e. The monoisotopic (exact) mass is 230 g/mol. The third-order valence-corrected chi connectivity index (χ3v) is 3.22. The van der Waals surface area contributed by atoms with Crippen LogP contribution in [0.3, 0.4) is 0 Å². The van der Waals surface area contributed by atoms with Gasteiger partial charge in [0.05, 0.1) is 11.9 Å². The highest BCUT2D eigenvalue weighted by Gasteiger charge is 2.32. The number of hydrogen-bond acceptors (Lipinski definition) is 4. The van der Waals surface area contributed by atoms with Crippen molar-refractivity contribution < 1.29 is 0 Å². The number of nitrogens with one attached hydrogen (secondary N) is 1. The number of rotatable bonds is 5. The van der Waals surface area contributed by atoms with Crippen LogP contribution in [0.1, 0.15) is 18.5 Å². The Balaban J connectivity index is 1.89. The van der Waals surface area contributed by atoms with Crippen molar-refractivity contribution in [1.82, 2.24) is 9.88 Å². The van der Waals surface area contributed by atoms with E-state index in [1.54, 1.807) is 12.3 Å². The molecule has 0 amide bonds. The Morgan fingerprint density at radius 2 is 2.29 bits per heavy atom. The zero-order valence-corrected chi connectivity index (χ0v) is 10.3. The molecular weight excluding hydrogens is 212 g/mol. The minimum absolute atomic E-state index is 0.460. The van der Waals surface area contributed by atoms with E-state index in [0.29, 0.717) is 11.7 Å². The lowest BCUT2D eigenvalue weighted by molar-refractivity contribution is 0.276. The van der Waals surface area contributed by atoms with Crippen molar-refractivity contribution in [2.24, 2.45) is 5.92 Å². The van der Waals surface area contributed by atoms with Gasteiger partial charge in [0.1, 0.15) is 11.8 Å². The van der Waals surface area contributed by atoms with Gasteiger partial charge in [-0.15, -0.1) is 0 Å². The molecule has 4 nitrogen and oxygen atoms in total. The van der Waals surface area contributed by atoms with Crippen LogP contribution in [0.25, 0.3) is 0 Å². The Bertz CT molecular complexity index is 398. The summed E-state index contributed by atoms with van der Waals surface area (Å²) in [5.41, 5.74) is 1.44. The number of nitrogens with zero attached hydrogens (tertiary/aromatic N) is 3. The summed E-state index contributed by atoms with van der Waals surface area (Å²) >= 11 is 0. The highest BCUT2D eigenvalue weighted by atomic mass is 15.1. The van der Waals surface area contributed by atoms with Crippen molar-refractivity contribution in [3.05, 3.63) is 24.0 Å². The van der Waals surface area contributed by atoms with E-state index in [-0.39, 0.29) is 0 Å². The van der Waals surface area contributed by atoms with Crippen LogP contribution in [0.4, 0.5) is 5.69 Å². The molecule has 17 heavy (non-hydrogen) atoms. The molecule has 1 unspecified atom stereocenters. The Labute approximate surface area is 102 Å². The summed E-state index contributed by atoms with van der Waals surface area (Å²) < 4.78 is 0. The number of aromatic nitrogens is 1. The molecule has 0 spiro atoms. The van der Waals surface area contributed by atoms with Crippen LogP contribution < -0.4 is 5.32 Å². The van der Waals surface area contributed by atoms with Crippen LogP contribution in [0.2, 0.25) is 0 Å². The van der Waals surface area contributed by atoms with Crippen molar-refractivity contribution in [2.75, 3.05) is 26.0 Å². The molecule has 0 aromatic carbocycles. The van der Waals surface area contributed by atoms with E-state index >= 15 is 0 Å². The molecule has 0 radical (unpaired) electrons. The number of anilines is 1. The van der Waals surface area contributed by atoms with E-state index in [1.165, 1.54) is 12.8 Å². The molecule has 1 aromatic rings. The third kappa shape index (κ3) is 3.18. The molecule has 2 rings (SSSR count). The van der Waals surface area contributed by atoms with Gasteiger partial charge in [-0.3, -0.25) is 0 Å². The first-order chi connectivity index (χ1) is 8.20. The average molecular weight is 230 g/mol. The lowest BCUT2D eigenvalue weighted by atomic mass is 10.1. The van der Waals surface area contributed by atoms with E-state index in [0.717, 1.165) is 18.2 Å². The molecule has 1 atom stereocenters. The Kier molecular flexibility index (Phi) is 3.60. The van der Waals surface area contributed by atoms with E-state index in [2.05, 4.69) is 29.3 Å². The highest BCUT2D eigenvalue weighted by Crippen LogP contribution is 2.34. The second-order valence-corrected chi connectivity index (χ2v) is 4.79. The van der Waals surface area contributed by atoms with Gasteiger partial charge in [0.15, 0.2) is 0 Å². The van der Waals surface area contributed by atoms with E-state index < -0.39 is 0 Å². The Morgan fingerprint density at radius 1 is 1.53 bits per heavy atom. The van der Waals surface area contributed by atoms with Gasteiger partial charge in [0.25, 0.3) is 0 Å². The van der Waals surface area contributed by atoms with Crippen molar-refractivity contribution in [3.63, 3.8) is 0 Å². The molecule has 1 aliphatic rings. The maximum atomic E-state index is 8.66. The number of pyridine rings is 1. The summed E-state index contributed by atoms with van der Waals surface area (Å²) in [5, 5.41) is 12.0. The average Bonchev–Trinajstić information content (AvgIpc) is 3.14. The van der Waals surface area contributed by atoms with Crippen LogP contribution in [0.15, 0.2) is 18.3 Å². The van der Waals surface area contributed by atoms with Crippen LogP contribution in [0, 0.1) is 17.2 Å². The Hall–Kier alpha value is -1.60. The van der Waals surface area contributed by atoms with Crippen LogP contribution >= 0.6 is 0 Å². The lowest BCUT2D eigenvalue weighted by Crippen LogP contribution is -2.36. The minimum atomic E-state index is 0.460. The van der Waals surface area contributed by atoms with Crippen LogP contribution in [-0.2, 0) is 0 Å². The van der Waals surface area contributed by atoms with Gasteiger partial charge in [-0.05, 0) is 45.0 Å². The molecule has 1 aliphatic carbocycles. The molecule has 1 N–H and O–H groups in total. The first-order valence-electron chi connectivity index (χ1n) is 5.97. The van der Waals surface area contributed by atoms with Crippen molar-refractivity contribution in [3.8, 4) is 6.07 Å². The van der Waals surface area contributed by atoms with Gasteiger partial charge in [-0.2, -0.15) is 5.26 Å². The molecule has 1 heterocycles. The number of nitriles is 1. The zero-order chi connectivity index (χ0) is 12.3. The summed E-state index contributed by atoms with van der Waals surface area (Å²) in [7, 11) is 4.25.